The van der Waals surface area contributed by atoms with Gasteiger partial charge >= 0.3 is 0 Å². The predicted molar refractivity (Wildman–Crippen MR) is 81.6 cm³/mol. The number of nitro benzene ring substituents is 1. The van der Waals surface area contributed by atoms with E-state index in [1.54, 1.807) is 12.1 Å². The Morgan fingerprint density at radius 2 is 2.05 bits per heavy atom. The van der Waals surface area contributed by atoms with Crippen molar-refractivity contribution in [2.24, 2.45) is 5.41 Å². The van der Waals surface area contributed by atoms with Gasteiger partial charge in [0.2, 0.25) is 0 Å². The van der Waals surface area contributed by atoms with E-state index < -0.39 is 0 Å². The number of nitro groups is 1. The summed E-state index contributed by atoms with van der Waals surface area (Å²) in [5.41, 5.74) is 0.680. The van der Waals surface area contributed by atoms with E-state index in [0.717, 1.165) is 6.54 Å². The molecule has 6 heteroatoms. The van der Waals surface area contributed by atoms with Crippen molar-refractivity contribution < 1.29 is 4.92 Å². The second-order valence-corrected chi connectivity index (χ2v) is 6.59. The van der Waals surface area contributed by atoms with Crippen molar-refractivity contribution in [1.29, 1.82) is 0 Å². The summed E-state index contributed by atoms with van der Waals surface area (Å²) in [5, 5.41) is 14.2. The van der Waals surface area contributed by atoms with Crippen LogP contribution in [0.15, 0.2) is 22.7 Å². The highest BCUT2D eigenvalue weighted by atomic mass is 79.9. The molecule has 1 aromatic rings. The van der Waals surface area contributed by atoms with Crippen molar-refractivity contribution in [2.45, 2.75) is 13.8 Å². The second-order valence-electron chi connectivity index (χ2n) is 5.67. The number of nitrogens with one attached hydrogen (secondary N) is 1. The molecular weight excluding hydrogens is 310 g/mol. The highest BCUT2D eigenvalue weighted by molar-refractivity contribution is 9.10. The molecule has 106 valence electrons. The van der Waals surface area contributed by atoms with Gasteiger partial charge in [-0.05, 0) is 31.6 Å². The minimum atomic E-state index is -0.369. The second kappa shape index (κ2) is 6.34. The number of benzene rings is 1. The number of hydrogen-bond donors (Lipinski definition) is 1. The van der Waals surface area contributed by atoms with E-state index in [4.69, 9.17) is 0 Å². The molecule has 0 fully saturated rings. The van der Waals surface area contributed by atoms with Crippen LogP contribution in [0.4, 0.5) is 11.4 Å². The third-order valence-electron chi connectivity index (χ3n) is 2.66. The fourth-order valence-electron chi connectivity index (χ4n) is 2.05. The topological polar surface area (TPSA) is 58.4 Å². The number of rotatable bonds is 6. The van der Waals surface area contributed by atoms with Crippen LogP contribution in [0.5, 0.6) is 0 Å². The fraction of sp³-hybridized carbons (Fsp3) is 0.538. The minimum Gasteiger partial charge on any atom is -0.379 e. The smallest absolute Gasteiger partial charge is 0.293 e. The first kappa shape index (κ1) is 15.9. The summed E-state index contributed by atoms with van der Waals surface area (Å²) >= 11 is 3.25. The van der Waals surface area contributed by atoms with Crippen LogP contribution in [0.3, 0.4) is 0 Å². The van der Waals surface area contributed by atoms with Gasteiger partial charge in [0, 0.05) is 23.6 Å². The van der Waals surface area contributed by atoms with Gasteiger partial charge in [0.1, 0.15) is 5.69 Å². The first-order chi connectivity index (χ1) is 8.71. The van der Waals surface area contributed by atoms with E-state index in [2.05, 4.69) is 40.0 Å². The van der Waals surface area contributed by atoms with Gasteiger partial charge in [0.05, 0.1) is 4.92 Å². The van der Waals surface area contributed by atoms with E-state index in [1.165, 1.54) is 6.07 Å². The summed E-state index contributed by atoms with van der Waals surface area (Å²) < 4.78 is 0.706. The molecule has 0 atom stereocenters. The van der Waals surface area contributed by atoms with Gasteiger partial charge in [-0.1, -0.05) is 29.8 Å². The Balaban J connectivity index is 2.80. The molecule has 5 nitrogen and oxygen atoms in total. The van der Waals surface area contributed by atoms with Crippen molar-refractivity contribution in [3.05, 3.63) is 32.8 Å². The lowest BCUT2D eigenvalue weighted by atomic mass is 9.93. The lowest BCUT2D eigenvalue weighted by Gasteiger charge is -2.28. The quantitative estimate of drug-likeness (QED) is 0.642. The summed E-state index contributed by atoms with van der Waals surface area (Å²) in [6, 6.07) is 5.05. The fourth-order valence-corrected chi connectivity index (χ4v) is 2.40. The van der Waals surface area contributed by atoms with Crippen LogP contribution in [0.25, 0.3) is 0 Å². The van der Waals surface area contributed by atoms with Crippen molar-refractivity contribution in [1.82, 2.24) is 4.90 Å². The maximum Gasteiger partial charge on any atom is 0.293 e. The zero-order valence-electron chi connectivity index (χ0n) is 11.7. The molecule has 0 aliphatic rings. The SMILES string of the molecule is CN(C)CC(C)(C)CNc1ccc(Br)cc1[N+](=O)[O-]. The van der Waals surface area contributed by atoms with Gasteiger partial charge in [-0.25, -0.2) is 0 Å². The first-order valence-corrected chi connectivity index (χ1v) is 6.83. The number of hydrogen-bond acceptors (Lipinski definition) is 4. The third-order valence-corrected chi connectivity index (χ3v) is 3.15. The predicted octanol–water partition coefficient (Wildman–Crippen LogP) is 3.36. The Bertz CT molecular complexity index is 461. The van der Waals surface area contributed by atoms with E-state index >= 15 is 0 Å². The van der Waals surface area contributed by atoms with E-state index in [1.807, 2.05) is 14.1 Å². The Hall–Kier alpha value is -1.14. The Kier molecular flexibility index (Phi) is 5.31. The van der Waals surface area contributed by atoms with Crippen LogP contribution in [-0.4, -0.2) is 37.0 Å². The van der Waals surface area contributed by atoms with Gasteiger partial charge in [0.25, 0.3) is 5.69 Å². The maximum atomic E-state index is 11.0. The van der Waals surface area contributed by atoms with Crippen LogP contribution in [-0.2, 0) is 0 Å². The Morgan fingerprint density at radius 3 is 2.58 bits per heavy atom. The van der Waals surface area contributed by atoms with Crippen LogP contribution >= 0.6 is 15.9 Å². The van der Waals surface area contributed by atoms with E-state index in [9.17, 15) is 10.1 Å². The van der Waals surface area contributed by atoms with Crippen molar-refractivity contribution in [2.75, 3.05) is 32.5 Å². The van der Waals surface area contributed by atoms with Gasteiger partial charge in [-0.2, -0.15) is 0 Å². The van der Waals surface area contributed by atoms with Crippen molar-refractivity contribution in [3.8, 4) is 0 Å². The lowest BCUT2D eigenvalue weighted by molar-refractivity contribution is -0.384. The number of nitrogens with zero attached hydrogens (tertiary/aromatic N) is 2. The van der Waals surface area contributed by atoms with E-state index in [0.29, 0.717) is 16.7 Å². The minimum absolute atomic E-state index is 0.0322. The average molecular weight is 330 g/mol. The molecule has 0 saturated heterocycles. The molecule has 0 radical (unpaired) electrons. The van der Waals surface area contributed by atoms with Crippen molar-refractivity contribution >= 4 is 27.3 Å². The average Bonchev–Trinajstić information content (AvgIpc) is 2.25. The molecule has 0 amide bonds. The molecule has 1 rings (SSSR count). The molecule has 0 aliphatic carbocycles. The Labute approximate surface area is 122 Å². The van der Waals surface area contributed by atoms with Gasteiger partial charge in [-0.15, -0.1) is 0 Å². The van der Waals surface area contributed by atoms with Gasteiger partial charge in [0.15, 0.2) is 0 Å². The lowest BCUT2D eigenvalue weighted by Crippen LogP contribution is -2.34. The molecule has 0 spiro atoms. The maximum absolute atomic E-state index is 11.0. The molecule has 1 N–H and O–H groups in total. The first-order valence-electron chi connectivity index (χ1n) is 6.04. The largest absolute Gasteiger partial charge is 0.379 e. The molecule has 0 heterocycles. The number of anilines is 1. The normalized spacial score (nSPS) is 11.7. The van der Waals surface area contributed by atoms with Crippen LogP contribution < -0.4 is 5.32 Å². The Morgan fingerprint density at radius 1 is 1.42 bits per heavy atom. The summed E-state index contributed by atoms with van der Waals surface area (Å²) in [5.74, 6) is 0. The molecule has 0 unspecified atom stereocenters. The van der Waals surface area contributed by atoms with Crippen LogP contribution in [0.2, 0.25) is 0 Å². The van der Waals surface area contributed by atoms with Crippen LogP contribution in [0, 0.1) is 15.5 Å². The van der Waals surface area contributed by atoms with Crippen LogP contribution in [0.1, 0.15) is 13.8 Å². The molecular formula is C13H20BrN3O2. The molecule has 19 heavy (non-hydrogen) atoms. The molecule has 0 aliphatic heterocycles. The molecule has 1 aromatic carbocycles. The molecule has 0 saturated carbocycles. The zero-order chi connectivity index (χ0) is 14.6. The van der Waals surface area contributed by atoms with Crippen molar-refractivity contribution in [3.63, 3.8) is 0 Å². The highest BCUT2D eigenvalue weighted by Crippen LogP contribution is 2.29. The number of halogens is 1. The summed E-state index contributed by atoms with van der Waals surface area (Å²) in [4.78, 5) is 12.8. The van der Waals surface area contributed by atoms with Gasteiger partial charge in [-0.3, -0.25) is 10.1 Å². The zero-order valence-corrected chi connectivity index (χ0v) is 13.3. The highest BCUT2D eigenvalue weighted by Gasteiger charge is 2.21. The molecule has 0 aromatic heterocycles. The monoisotopic (exact) mass is 329 g/mol. The summed E-state index contributed by atoms with van der Waals surface area (Å²) in [6.07, 6.45) is 0. The summed E-state index contributed by atoms with van der Waals surface area (Å²) in [7, 11) is 4.04. The van der Waals surface area contributed by atoms with Gasteiger partial charge < -0.3 is 10.2 Å². The van der Waals surface area contributed by atoms with E-state index in [-0.39, 0.29) is 16.0 Å². The standard InChI is InChI=1S/C13H20BrN3O2/c1-13(2,9-16(3)4)8-15-11-6-5-10(14)7-12(11)17(18)19/h5-7,15H,8-9H2,1-4H3. The third kappa shape index (κ3) is 5.16. The molecule has 0 bridgehead atoms. The summed E-state index contributed by atoms with van der Waals surface area (Å²) in [6.45, 7) is 5.84.